The Balaban J connectivity index is 2.00. The summed E-state index contributed by atoms with van der Waals surface area (Å²) in [5.41, 5.74) is 1.59. The van der Waals surface area contributed by atoms with Gasteiger partial charge in [-0.1, -0.05) is 53.2 Å². The molecule has 2 rings (SSSR count). The summed E-state index contributed by atoms with van der Waals surface area (Å²) in [6.07, 6.45) is 0. The summed E-state index contributed by atoms with van der Waals surface area (Å²) in [4.78, 5) is 12.3. The van der Waals surface area contributed by atoms with Crippen LogP contribution in [-0.2, 0) is 6.61 Å². The molecule has 0 aliphatic rings. The third-order valence-corrected chi connectivity index (χ3v) is 4.08. The molecule has 0 atom stereocenters. The number of carbonyl (C=O) groups excluding carboxylic acids is 1. The molecule has 0 saturated heterocycles. The molecule has 5 heteroatoms. The van der Waals surface area contributed by atoms with Crippen molar-refractivity contribution in [3.05, 3.63) is 64.1 Å². The zero-order chi connectivity index (χ0) is 16.5. The first-order valence-electron chi connectivity index (χ1n) is 7.66. The summed E-state index contributed by atoms with van der Waals surface area (Å²) >= 11 is 3.50. The van der Waals surface area contributed by atoms with Crippen LogP contribution in [0.5, 0.6) is 5.75 Å². The molecule has 0 spiro atoms. The molecule has 2 aromatic rings. The van der Waals surface area contributed by atoms with Crippen molar-refractivity contribution >= 4 is 21.8 Å². The SMILES string of the molecule is CCNCCNC(=O)c1ccccc1OCc1ccccc1Br. The van der Waals surface area contributed by atoms with E-state index in [1.54, 1.807) is 6.07 Å². The van der Waals surface area contributed by atoms with Crippen LogP contribution in [0, 0.1) is 0 Å². The molecule has 122 valence electrons. The van der Waals surface area contributed by atoms with Crippen LogP contribution in [0.2, 0.25) is 0 Å². The van der Waals surface area contributed by atoms with E-state index >= 15 is 0 Å². The summed E-state index contributed by atoms with van der Waals surface area (Å²) in [7, 11) is 0. The molecule has 0 heterocycles. The van der Waals surface area contributed by atoms with E-state index in [0.29, 0.717) is 24.5 Å². The molecule has 0 bridgehead atoms. The molecule has 2 aromatic carbocycles. The minimum Gasteiger partial charge on any atom is -0.488 e. The number of nitrogens with one attached hydrogen (secondary N) is 2. The molecule has 0 aromatic heterocycles. The minimum atomic E-state index is -0.120. The predicted octanol–water partition coefficient (Wildman–Crippen LogP) is 3.37. The maximum absolute atomic E-state index is 12.3. The summed E-state index contributed by atoms with van der Waals surface area (Å²) in [6, 6.07) is 15.2. The molecule has 0 radical (unpaired) electrons. The second-order valence-corrected chi connectivity index (χ2v) is 5.84. The fourth-order valence-electron chi connectivity index (χ4n) is 2.09. The van der Waals surface area contributed by atoms with Crippen molar-refractivity contribution in [2.45, 2.75) is 13.5 Å². The lowest BCUT2D eigenvalue weighted by molar-refractivity contribution is 0.0949. The summed E-state index contributed by atoms with van der Waals surface area (Å²) in [5, 5.41) is 6.06. The van der Waals surface area contributed by atoms with E-state index in [2.05, 4.69) is 26.6 Å². The van der Waals surface area contributed by atoms with E-state index in [1.807, 2.05) is 49.4 Å². The van der Waals surface area contributed by atoms with Crippen molar-refractivity contribution in [2.75, 3.05) is 19.6 Å². The van der Waals surface area contributed by atoms with Gasteiger partial charge in [-0.2, -0.15) is 0 Å². The highest BCUT2D eigenvalue weighted by Gasteiger charge is 2.12. The van der Waals surface area contributed by atoms with E-state index in [1.165, 1.54) is 0 Å². The van der Waals surface area contributed by atoms with Crippen LogP contribution in [0.1, 0.15) is 22.8 Å². The van der Waals surface area contributed by atoms with Gasteiger partial charge in [0.1, 0.15) is 12.4 Å². The number of hydrogen-bond donors (Lipinski definition) is 2. The Morgan fingerprint density at radius 2 is 1.83 bits per heavy atom. The van der Waals surface area contributed by atoms with Crippen LogP contribution in [0.25, 0.3) is 0 Å². The monoisotopic (exact) mass is 376 g/mol. The van der Waals surface area contributed by atoms with E-state index in [-0.39, 0.29) is 5.91 Å². The van der Waals surface area contributed by atoms with Crippen LogP contribution in [0.4, 0.5) is 0 Å². The number of halogens is 1. The first-order chi connectivity index (χ1) is 11.2. The fraction of sp³-hybridized carbons (Fsp3) is 0.278. The molecule has 0 aliphatic carbocycles. The zero-order valence-electron chi connectivity index (χ0n) is 13.1. The maximum atomic E-state index is 12.3. The predicted molar refractivity (Wildman–Crippen MR) is 95.8 cm³/mol. The number of ether oxygens (including phenoxy) is 1. The fourth-order valence-corrected chi connectivity index (χ4v) is 2.49. The van der Waals surface area contributed by atoms with Gasteiger partial charge in [-0.05, 0) is 24.7 Å². The average Bonchev–Trinajstić information content (AvgIpc) is 2.58. The number of amides is 1. The normalized spacial score (nSPS) is 10.3. The lowest BCUT2D eigenvalue weighted by Gasteiger charge is -2.12. The highest BCUT2D eigenvalue weighted by atomic mass is 79.9. The van der Waals surface area contributed by atoms with Gasteiger partial charge in [0.05, 0.1) is 5.56 Å². The number of hydrogen-bond acceptors (Lipinski definition) is 3. The van der Waals surface area contributed by atoms with Crippen molar-refractivity contribution in [1.29, 1.82) is 0 Å². The van der Waals surface area contributed by atoms with Gasteiger partial charge in [-0.3, -0.25) is 4.79 Å². The van der Waals surface area contributed by atoms with E-state index in [0.717, 1.165) is 23.1 Å². The van der Waals surface area contributed by atoms with Crippen molar-refractivity contribution in [3.63, 3.8) is 0 Å². The molecule has 1 amide bonds. The number of carbonyl (C=O) groups is 1. The van der Waals surface area contributed by atoms with Gasteiger partial charge in [-0.25, -0.2) is 0 Å². The summed E-state index contributed by atoms with van der Waals surface area (Å²) in [6.45, 7) is 4.67. The minimum absolute atomic E-state index is 0.120. The van der Waals surface area contributed by atoms with Gasteiger partial charge in [0, 0.05) is 23.1 Å². The Morgan fingerprint density at radius 3 is 2.61 bits per heavy atom. The van der Waals surface area contributed by atoms with Gasteiger partial charge in [0.2, 0.25) is 0 Å². The topological polar surface area (TPSA) is 50.4 Å². The van der Waals surface area contributed by atoms with Crippen LogP contribution in [0.3, 0.4) is 0 Å². The molecule has 0 unspecified atom stereocenters. The van der Waals surface area contributed by atoms with E-state index in [4.69, 9.17) is 4.74 Å². The Bertz CT molecular complexity index is 646. The Kier molecular flexibility index (Phi) is 7.10. The Labute approximate surface area is 145 Å². The van der Waals surface area contributed by atoms with Gasteiger partial charge in [0.25, 0.3) is 5.91 Å². The number of para-hydroxylation sites is 1. The van der Waals surface area contributed by atoms with Gasteiger partial charge < -0.3 is 15.4 Å². The average molecular weight is 377 g/mol. The standard InChI is InChI=1S/C18H21BrN2O2/c1-2-20-11-12-21-18(22)15-8-4-6-10-17(15)23-13-14-7-3-5-9-16(14)19/h3-10,20H,2,11-13H2,1H3,(H,21,22). The molecule has 0 saturated carbocycles. The highest BCUT2D eigenvalue weighted by Crippen LogP contribution is 2.22. The molecule has 4 nitrogen and oxygen atoms in total. The largest absolute Gasteiger partial charge is 0.488 e. The highest BCUT2D eigenvalue weighted by molar-refractivity contribution is 9.10. The maximum Gasteiger partial charge on any atom is 0.255 e. The lowest BCUT2D eigenvalue weighted by atomic mass is 10.2. The second-order valence-electron chi connectivity index (χ2n) is 4.99. The van der Waals surface area contributed by atoms with Crippen molar-refractivity contribution in [1.82, 2.24) is 10.6 Å². The summed E-state index contributed by atoms with van der Waals surface area (Å²) in [5.74, 6) is 0.467. The quantitative estimate of drug-likeness (QED) is 0.694. The number of benzene rings is 2. The van der Waals surface area contributed by atoms with E-state index in [9.17, 15) is 4.79 Å². The van der Waals surface area contributed by atoms with Crippen LogP contribution in [0.15, 0.2) is 53.0 Å². The van der Waals surface area contributed by atoms with Crippen LogP contribution in [-0.4, -0.2) is 25.5 Å². The van der Waals surface area contributed by atoms with Crippen molar-refractivity contribution in [3.8, 4) is 5.75 Å². The molecular weight excluding hydrogens is 356 g/mol. The molecule has 2 N–H and O–H groups in total. The van der Waals surface area contributed by atoms with Gasteiger partial charge in [0.15, 0.2) is 0 Å². The zero-order valence-corrected chi connectivity index (χ0v) is 14.7. The molecule has 0 aliphatic heterocycles. The molecule has 0 fully saturated rings. The smallest absolute Gasteiger partial charge is 0.255 e. The number of likely N-dealkylation sites (N-methyl/N-ethyl adjacent to an activating group) is 1. The third-order valence-electron chi connectivity index (χ3n) is 3.31. The second kappa shape index (κ2) is 9.33. The third kappa shape index (κ3) is 5.37. The van der Waals surface area contributed by atoms with Crippen LogP contribution < -0.4 is 15.4 Å². The lowest BCUT2D eigenvalue weighted by Crippen LogP contribution is -2.31. The Hall–Kier alpha value is -1.85. The first kappa shape index (κ1) is 17.5. The van der Waals surface area contributed by atoms with Crippen molar-refractivity contribution < 1.29 is 9.53 Å². The number of rotatable bonds is 8. The van der Waals surface area contributed by atoms with E-state index < -0.39 is 0 Å². The Morgan fingerprint density at radius 1 is 1.09 bits per heavy atom. The molecule has 23 heavy (non-hydrogen) atoms. The first-order valence-corrected chi connectivity index (χ1v) is 8.45. The van der Waals surface area contributed by atoms with Gasteiger partial charge >= 0.3 is 0 Å². The van der Waals surface area contributed by atoms with Crippen molar-refractivity contribution in [2.24, 2.45) is 0 Å². The summed E-state index contributed by atoms with van der Waals surface area (Å²) < 4.78 is 6.84. The van der Waals surface area contributed by atoms with Gasteiger partial charge in [-0.15, -0.1) is 0 Å². The molecular formula is C18H21BrN2O2. The van der Waals surface area contributed by atoms with Crippen LogP contribution >= 0.6 is 15.9 Å².